The van der Waals surface area contributed by atoms with Crippen LogP contribution < -0.4 is 9.80 Å². The molecule has 142 valence electrons. The van der Waals surface area contributed by atoms with Gasteiger partial charge in [0.05, 0.1) is 22.4 Å². The van der Waals surface area contributed by atoms with E-state index in [0.717, 1.165) is 17.7 Å². The van der Waals surface area contributed by atoms with Crippen LogP contribution in [0.15, 0.2) is 43.5 Å². The Kier molecular flexibility index (Phi) is 5.39. The van der Waals surface area contributed by atoms with Crippen molar-refractivity contribution in [3.05, 3.63) is 53.6 Å². The SMILES string of the molecule is C=CCN(CC=C)c1ccc(N2C(=O)[C@H]3CCCC[C@@H]3C2=O)cc1[N+](=O)[O-]. The van der Waals surface area contributed by atoms with Gasteiger partial charge in [-0.3, -0.25) is 19.7 Å². The van der Waals surface area contributed by atoms with Crippen molar-refractivity contribution in [2.75, 3.05) is 22.9 Å². The average molecular weight is 369 g/mol. The molecule has 2 fully saturated rings. The lowest BCUT2D eigenvalue weighted by Gasteiger charge is -2.22. The lowest BCUT2D eigenvalue weighted by molar-refractivity contribution is -0.384. The number of nitrogens with zero attached hydrogens (tertiary/aromatic N) is 3. The van der Waals surface area contributed by atoms with E-state index in [2.05, 4.69) is 13.2 Å². The van der Waals surface area contributed by atoms with E-state index in [-0.39, 0.29) is 35.0 Å². The maximum atomic E-state index is 12.8. The van der Waals surface area contributed by atoms with E-state index < -0.39 is 4.92 Å². The van der Waals surface area contributed by atoms with E-state index in [1.807, 2.05) is 0 Å². The van der Waals surface area contributed by atoms with E-state index in [1.54, 1.807) is 29.2 Å². The molecule has 27 heavy (non-hydrogen) atoms. The monoisotopic (exact) mass is 369 g/mol. The molecule has 2 amide bonds. The lowest BCUT2D eigenvalue weighted by atomic mass is 9.81. The Morgan fingerprint density at radius 2 is 1.67 bits per heavy atom. The van der Waals surface area contributed by atoms with Crippen molar-refractivity contribution in [1.29, 1.82) is 0 Å². The van der Waals surface area contributed by atoms with Gasteiger partial charge in [0.15, 0.2) is 0 Å². The fourth-order valence-electron chi connectivity index (χ4n) is 4.06. The number of nitro benzene ring substituents is 1. The second-order valence-corrected chi connectivity index (χ2v) is 6.92. The van der Waals surface area contributed by atoms with Gasteiger partial charge in [-0.05, 0) is 25.0 Å². The highest BCUT2D eigenvalue weighted by atomic mass is 16.6. The van der Waals surface area contributed by atoms with Crippen LogP contribution >= 0.6 is 0 Å². The molecule has 0 unspecified atom stereocenters. The van der Waals surface area contributed by atoms with Gasteiger partial charge in [0.2, 0.25) is 11.8 Å². The van der Waals surface area contributed by atoms with Crippen LogP contribution in [0.2, 0.25) is 0 Å². The smallest absolute Gasteiger partial charge is 0.294 e. The molecule has 7 heteroatoms. The van der Waals surface area contributed by atoms with Crippen LogP contribution in [-0.4, -0.2) is 29.8 Å². The number of imide groups is 1. The summed E-state index contributed by atoms with van der Waals surface area (Å²) in [5.41, 5.74) is 0.527. The van der Waals surface area contributed by atoms with Gasteiger partial charge >= 0.3 is 0 Å². The summed E-state index contributed by atoms with van der Waals surface area (Å²) in [6.45, 7) is 8.19. The standard InChI is InChI=1S/C20H23N3O4/c1-3-11-21(12-4-2)17-10-9-14(13-18(17)23(26)27)22-19(24)15-7-5-6-8-16(15)20(22)25/h3-4,9-10,13,15-16H,1-2,5-8,11-12H2/t15-,16-/m0/s1. The molecule has 1 aromatic carbocycles. The molecule has 2 atom stereocenters. The Morgan fingerprint density at radius 3 is 2.15 bits per heavy atom. The van der Waals surface area contributed by atoms with Gasteiger partial charge in [-0.2, -0.15) is 0 Å². The predicted octanol–water partition coefficient (Wildman–Crippen LogP) is 3.45. The molecule has 2 aliphatic rings. The van der Waals surface area contributed by atoms with Crippen molar-refractivity contribution >= 4 is 28.9 Å². The summed E-state index contributed by atoms with van der Waals surface area (Å²) in [7, 11) is 0. The van der Waals surface area contributed by atoms with Crippen molar-refractivity contribution in [2.45, 2.75) is 25.7 Å². The van der Waals surface area contributed by atoms with Gasteiger partial charge in [0.1, 0.15) is 5.69 Å². The molecule has 7 nitrogen and oxygen atoms in total. The molecule has 0 spiro atoms. The topological polar surface area (TPSA) is 83.8 Å². The molecule has 1 heterocycles. The Labute approximate surface area is 158 Å². The molecule has 1 saturated carbocycles. The van der Waals surface area contributed by atoms with Gasteiger partial charge in [-0.1, -0.05) is 25.0 Å². The van der Waals surface area contributed by atoms with Gasteiger partial charge in [0.25, 0.3) is 5.69 Å². The molecule has 1 aliphatic carbocycles. The second kappa shape index (κ2) is 7.73. The zero-order chi connectivity index (χ0) is 19.6. The number of amides is 2. The summed E-state index contributed by atoms with van der Waals surface area (Å²) in [6.07, 6.45) is 6.59. The van der Waals surface area contributed by atoms with Crippen LogP contribution in [0.25, 0.3) is 0 Å². The van der Waals surface area contributed by atoms with Crippen LogP contribution in [0.5, 0.6) is 0 Å². The number of fused-ring (bicyclic) bond motifs is 1. The number of hydrogen-bond acceptors (Lipinski definition) is 5. The van der Waals surface area contributed by atoms with Crippen LogP contribution in [0, 0.1) is 22.0 Å². The van der Waals surface area contributed by atoms with Gasteiger partial charge in [0, 0.05) is 19.2 Å². The van der Waals surface area contributed by atoms with E-state index in [0.29, 0.717) is 31.6 Å². The zero-order valence-corrected chi connectivity index (χ0v) is 15.2. The first kappa shape index (κ1) is 18.8. The average Bonchev–Trinajstić information content (AvgIpc) is 2.92. The fraction of sp³-hybridized carbons (Fsp3) is 0.400. The summed E-state index contributed by atoms with van der Waals surface area (Å²) in [5, 5.41) is 11.7. The van der Waals surface area contributed by atoms with Crippen molar-refractivity contribution in [2.24, 2.45) is 11.8 Å². The van der Waals surface area contributed by atoms with E-state index in [9.17, 15) is 19.7 Å². The number of nitro groups is 1. The van der Waals surface area contributed by atoms with Gasteiger partial charge in [-0.25, -0.2) is 4.90 Å². The van der Waals surface area contributed by atoms with Crippen LogP contribution in [-0.2, 0) is 9.59 Å². The van der Waals surface area contributed by atoms with Gasteiger partial charge in [-0.15, -0.1) is 13.2 Å². The first-order chi connectivity index (χ1) is 13.0. The predicted molar refractivity (Wildman–Crippen MR) is 104 cm³/mol. The minimum Gasteiger partial charge on any atom is -0.359 e. The highest BCUT2D eigenvalue weighted by Gasteiger charge is 2.49. The quantitative estimate of drug-likeness (QED) is 0.318. The largest absolute Gasteiger partial charge is 0.359 e. The van der Waals surface area contributed by atoms with E-state index in [1.165, 1.54) is 6.07 Å². The van der Waals surface area contributed by atoms with Gasteiger partial charge < -0.3 is 4.90 Å². The Hall–Kier alpha value is -2.96. The molecule has 0 N–H and O–H groups in total. The Bertz CT molecular complexity index is 770. The van der Waals surface area contributed by atoms with E-state index >= 15 is 0 Å². The molecular weight excluding hydrogens is 346 g/mol. The summed E-state index contributed by atoms with van der Waals surface area (Å²) in [6, 6.07) is 4.51. The number of carbonyl (C=O) groups is 2. The lowest BCUT2D eigenvalue weighted by Crippen LogP contribution is -2.31. The highest BCUT2D eigenvalue weighted by molar-refractivity contribution is 6.22. The minimum atomic E-state index is -0.490. The van der Waals surface area contributed by atoms with E-state index in [4.69, 9.17) is 0 Å². The molecule has 0 radical (unpaired) electrons. The third kappa shape index (κ3) is 3.37. The summed E-state index contributed by atoms with van der Waals surface area (Å²) < 4.78 is 0. The number of anilines is 2. The van der Waals surface area contributed by atoms with Crippen molar-refractivity contribution in [3.63, 3.8) is 0 Å². The maximum absolute atomic E-state index is 12.8. The molecule has 1 aromatic rings. The minimum absolute atomic E-state index is 0.147. The van der Waals surface area contributed by atoms with Crippen LogP contribution in [0.3, 0.4) is 0 Å². The van der Waals surface area contributed by atoms with Crippen LogP contribution in [0.1, 0.15) is 25.7 Å². The molecule has 0 aromatic heterocycles. The summed E-state index contributed by atoms with van der Waals surface area (Å²) >= 11 is 0. The van der Waals surface area contributed by atoms with Crippen LogP contribution in [0.4, 0.5) is 17.1 Å². The maximum Gasteiger partial charge on any atom is 0.294 e. The number of benzene rings is 1. The first-order valence-electron chi connectivity index (χ1n) is 9.12. The van der Waals surface area contributed by atoms with Crippen molar-refractivity contribution in [3.8, 4) is 0 Å². The normalized spacial score (nSPS) is 21.7. The fourth-order valence-corrected chi connectivity index (χ4v) is 4.06. The first-order valence-corrected chi connectivity index (χ1v) is 9.12. The number of rotatable bonds is 7. The Balaban J connectivity index is 2.00. The second-order valence-electron chi connectivity index (χ2n) is 6.92. The molecule has 3 rings (SSSR count). The molecule has 1 aliphatic heterocycles. The summed E-state index contributed by atoms with van der Waals surface area (Å²) in [5.74, 6) is -1.05. The number of hydrogen-bond donors (Lipinski definition) is 0. The van der Waals surface area contributed by atoms with Crippen molar-refractivity contribution in [1.82, 2.24) is 0 Å². The van der Waals surface area contributed by atoms with Crippen molar-refractivity contribution < 1.29 is 14.5 Å². The third-order valence-electron chi connectivity index (χ3n) is 5.29. The highest BCUT2D eigenvalue weighted by Crippen LogP contribution is 2.41. The zero-order valence-electron chi connectivity index (χ0n) is 15.2. The Morgan fingerprint density at radius 1 is 1.11 bits per heavy atom. The molecule has 0 bridgehead atoms. The number of carbonyl (C=O) groups excluding carboxylic acids is 2. The third-order valence-corrected chi connectivity index (χ3v) is 5.29. The molecular formula is C20H23N3O4. The molecule has 1 saturated heterocycles. The summed E-state index contributed by atoms with van der Waals surface area (Å²) in [4.78, 5) is 39.6.